The summed E-state index contributed by atoms with van der Waals surface area (Å²) in [7, 11) is -3.95. The number of rotatable bonds is 5. The van der Waals surface area contributed by atoms with Crippen LogP contribution in [-0.4, -0.2) is 45.3 Å². The minimum absolute atomic E-state index is 0.0481. The van der Waals surface area contributed by atoms with Crippen LogP contribution in [0.1, 0.15) is 40.2 Å². The molecule has 1 aliphatic rings. The van der Waals surface area contributed by atoms with Gasteiger partial charge in [-0.15, -0.1) is 0 Å². The first-order valence-electron chi connectivity index (χ1n) is 10.4. The smallest absolute Gasteiger partial charge is 0.265 e. The van der Waals surface area contributed by atoms with Crippen molar-refractivity contribution in [3.8, 4) is 0 Å². The normalized spacial score (nSPS) is 15.8. The van der Waals surface area contributed by atoms with Crippen LogP contribution in [-0.2, 0) is 25.2 Å². The Kier molecular flexibility index (Phi) is 6.02. The average molecular weight is 505 g/mol. The fourth-order valence-corrected chi connectivity index (χ4v) is 5.78. The van der Waals surface area contributed by atoms with E-state index in [1.807, 2.05) is 25.5 Å². The van der Waals surface area contributed by atoms with Crippen molar-refractivity contribution in [3.05, 3.63) is 40.8 Å². The summed E-state index contributed by atoms with van der Waals surface area (Å²) in [5.74, 6) is -0.493. The second-order valence-corrected chi connectivity index (χ2v) is 11.6. The third-order valence-electron chi connectivity index (χ3n) is 5.15. The summed E-state index contributed by atoms with van der Waals surface area (Å²) >= 11 is 1.42. The van der Waals surface area contributed by atoms with E-state index in [9.17, 15) is 22.8 Å². The van der Waals surface area contributed by atoms with Gasteiger partial charge >= 0.3 is 0 Å². The van der Waals surface area contributed by atoms with Gasteiger partial charge in [0.25, 0.3) is 15.6 Å². The lowest BCUT2D eigenvalue weighted by molar-refractivity contribution is -0.117. The standard InChI is InChI=1S/C21H24N6O5S2/c1-12(28)25-34(31,32)15-7-5-13(6-8-15)23-17(29)9-14-11-33-20-24-18-16(19(30)26(14)20)10-22-27(18)21(2,3)4/h5-8,10,14H,9,11H2,1-4H3,(H,23,29)(H,25,28). The Bertz CT molecular complexity index is 1450. The Morgan fingerprint density at radius 3 is 2.50 bits per heavy atom. The lowest BCUT2D eigenvalue weighted by Crippen LogP contribution is -2.29. The van der Waals surface area contributed by atoms with Crippen LogP contribution in [0.25, 0.3) is 11.0 Å². The van der Waals surface area contributed by atoms with E-state index in [1.165, 1.54) is 42.2 Å². The predicted molar refractivity (Wildman–Crippen MR) is 127 cm³/mol. The molecule has 3 heterocycles. The molecule has 1 aromatic carbocycles. The number of nitrogens with zero attached hydrogens (tertiary/aromatic N) is 4. The van der Waals surface area contributed by atoms with E-state index >= 15 is 0 Å². The number of aromatic nitrogens is 4. The van der Waals surface area contributed by atoms with E-state index in [0.717, 1.165) is 6.92 Å². The van der Waals surface area contributed by atoms with Gasteiger partial charge in [0.15, 0.2) is 10.8 Å². The third kappa shape index (κ3) is 4.57. The topological polar surface area (TPSA) is 145 Å². The van der Waals surface area contributed by atoms with E-state index in [4.69, 9.17) is 0 Å². The van der Waals surface area contributed by atoms with Crippen molar-refractivity contribution < 1.29 is 18.0 Å². The van der Waals surface area contributed by atoms with Crippen molar-refractivity contribution >= 4 is 50.3 Å². The molecule has 34 heavy (non-hydrogen) atoms. The number of fused-ring (bicyclic) bond motifs is 2. The van der Waals surface area contributed by atoms with E-state index in [-0.39, 0.29) is 34.4 Å². The first-order valence-corrected chi connectivity index (χ1v) is 12.9. The lowest BCUT2D eigenvalue weighted by Gasteiger charge is -2.20. The van der Waals surface area contributed by atoms with Crippen LogP contribution < -0.4 is 15.6 Å². The quantitative estimate of drug-likeness (QED) is 0.501. The van der Waals surface area contributed by atoms with Crippen molar-refractivity contribution in [1.29, 1.82) is 0 Å². The molecule has 0 aliphatic carbocycles. The van der Waals surface area contributed by atoms with Crippen molar-refractivity contribution in [3.63, 3.8) is 0 Å². The number of amides is 2. The van der Waals surface area contributed by atoms with Crippen molar-refractivity contribution in [2.75, 3.05) is 11.1 Å². The molecule has 2 N–H and O–H groups in total. The zero-order valence-electron chi connectivity index (χ0n) is 19.0. The van der Waals surface area contributed by atoms with Gasteiger partial charge in [-0.05, 0) is 45.0 Å². The summed E-state index contributed by atoms with van der Waals surface area (Å²) in [6.07, 6.45) is 1.56. The summed E-state index contributed by atoms with van der Waals surface area (Å²) in [6, 6.07) is 5.07. The average Bonchev–Trinajstić information content (AvgIpc) is 3.32. The fourth-order valence-electron chi connectivity index (χ4n) is 3.66. The van der Waals surface area contributed by atoms with Crippen LogP contribution in [0.5, 0.6) is 0 Å². The van der Waals surface area contributed by atoms with Gasteiger partial charge in [0.2, 0.25) is 11.8 Å². The molecule has 4 rings (SSSR count). The van der Waals surface area contributed by atoms with Crippen molar-refractivity contribution in [2.24, 2.45) is 0 Å². The van der Waals surface area contributed by atoms with Gasteiger partial charge in [-0.2, -0.15) is 5.10 Å². The second kappa shape index (κ2) is 8.55. The van der Waals surface area contributed by atoms with Crippen LogP contribution in [0.4, 0.5) is 5.69 Å². The largest absolute Gasteiger partial charge is 0.326 e. The molecule has 180 valence electrons. The van der Waals surface area contributed by atoms with E-state index < -0.39 is 15.9 Å². The van der Waals surface area contributed by atoms with Crippen molar-refractivity contribution in [1.82, 2.24) is 24.1 Å². The predicted octanol–water partition coefficient (Wildman–Crippen LogP) is 1.85. The molecule has 0 saturated carbocycles. The minimum atomic E-state index is -3.95. The number of carbonyl (C=O) groups excluding carboxylic acids is 2. The van der Waals surface area contributed by atoms with Gasteiger partial charge < -0.3 is 5.32 Å². The highest BCUT2D eigenvalue weighted by Gasteiger charge is 2.30. The van der Waals surface area contributed by atoms with E-state index in [0.29, 0.717) is 27.6 Å². The number of hydrogen-bond donors (Lipinski definition) is 2. The molecular weight excluding hydrogens is 480 g/mol. The summed E-state index contributed by atoms with van der Waals surface area (Å²) in [5, 5.41) is 8.01. The molecular formula is C21H24N6O5S2. The molecule has 1 unspecified atom stereocenters. The zero-order chi connectivity index (χ0) is 24.8. The van der Waals surface area contributed by atoms with Crippen LogP contribution in [0.2, 0.25) is 0 Å². The van der Waals surface area contributed by atoms with Crippen molar-refractivity contribution in [2.45, 2.75) is 55.7 Å². The Morgan fingerprint density at radius 1 is 1.21 bits per heavy atom. The molecule has 0 saturated heterocycles. The van der Waals surface area contributed by atoms with Gasteiger partial charge in [-0.1, -0.05) is 11.8 Å². The number of carbonyl (C=O) groups is 2. The SMILES string of the molecule is CC(=O)NS(=O)(=O)c1ccc(NC(=O)CC2CSc3nc4c(cnn4C(C)(C)C)c(=O)n32)cc1. The number of nitrogens with one attached hydrogen (secondary N) is 2. The zero-order valence-corrected chi connectivity index (χ0v) is 20.7. The lowest BCUT2D eigenvalue weighted by atomic mass is 10.1. The molecule has 13 heteroatoms. The Balaban J connectivity index is 1.51. The van der Waals surface area contributed by atoms with Gasteiger partial charge in [-0.3, -0.25) is 19.0 Å². The highest BCUT2D eigenvalue weighted by molar-refractivity contribution is 7.99. The molecule has 0 spiro atoms. The van der Waals surface area contributed by atoms with Gasteiger partial charge in [0.1, 0.15) is 5.39 Å². The number of sulfonamides is 1. The van der Waals surface area contributed by atoms with Gasteiger partial charge in [0, 0.05) is 24.8 Å². The first kappa shape index (κ1) is 24.0. The molecule has 3 aromatic rings. The Labute approximate surface area is 200 Å². The molecule has 1 aliphatic heterocycles. The highest BCUT2D eigenvalue weighted by atomic mass is 32.2. The van der Waals surface area contributed by atoms with Crippen LogP contribution in [0.15, 0.2) is 45.3 Å². The van der Waals surface area contributed by atoms with Gasteiger partial charge in [0.05, 0.1) is 22.7 Å². The summed E-state index contributed by atoms with van der Waals surface area (Å²) in [5.41, 5.74) is 0.353. The summed E-state index contributed by atoms with van der Waals surface area (Å²) in [6.45, 7) is 7.05. The third-order valence-corrected chi connectivity index (χ3v) is 7.70. The minimum Gasteiger partial charge on any atom is -0.326 e. The van der Waals surface area contributed by atoms with E-state index in [1.54, 1.807) is 9.25 Å². The van der Waals surface area contributed by atoms with Gasteiger partial charge in [-0.25, -0.2) is 22.8 Å². The molecule has 11 nitrogen and oxygen atoms in total. The molecule has 0 fully saturated rings. The van der Waals surface area contributed by atoms with Crippen LogP contribution in [0.3, 0.4) is 0 Å². The Hall–Kier alpha value is -3.19. The number of benzene rings is 1. The monoisotopic (exact) mass is 504 g/mol. The van der Waals surface area contributed by atoms with E-state index in [2.05, 4.69) is 15.4 Å². The first-order chi connectivity index (χ1) is 15.9. The molecule has 0 bridgehead atoms. The Morgan fingerprint density at radius 2 is 1.88 bits per heavy atom. The molecule has 0 radical (unpaired) electrons. The molecule has 2 amide bonds. The maximum atomic E-state index is 13.2. The summed E-state index contributed by atoms with van der Waals surface area (Å²) in [4.78, 5) is 41.4. The number of anilines is 1. The molecule has 1 atom stereocenters. The maximum Gasteiger partial charge on any atom is 0.265 e. The van der Waals surface area contributed by atoms with Crippen LogP contribution in [0, 0.1) is 0 Å². The maximum absolute atomic E-state index is 13.2. The summed E-state index contributed by atoms with van der Waals surface area (Å²) < 4.78 is 29.2. The highest BCUT2D eigenvalue weighted by Crippen LogP contribution is 2.34. The van der Waals surface area contributed by atoms with Crippen LogP contribution >= 0.6 is 11.8 Å². The fraction of sp³-hybridized carbons (Fsp3) is 0.381. The number of hydrogen-bond acceptors (Lipinski definition) is 8. The number of thioether (sulfide) groups is 1. The second-order valence-electron chi connectivity index (χ2n) is 8.94. The molecule has 2 aromatic heterocycles.